The highest BCUT2D eigenvalue weighted by Crippen LogP contribution is 2.26. The van der Waals surface area contributed by atoms with Gasteiger partial charge >= 0.3 is 0 Å². The van der Waals surface area contributed by atoms with Crippen molar-refractivity contribution < 1.29 is 9.32 Å². The summed E-state index contributed by atoms with van der Waals surface area (Å²) in [6.07, 6.45) is 1.55. The number of aromatic nitrogens is 2. The van der Waals surface area contributed by atoms with Crippen LogP contribution in [0, 0.1) is 6.92 Å². The van der Waals surface area contributed by atoms with Crippen LogP contribution in [0.25, 0.3) is 11.1 Å². The number of aryl methyl sites for hydroxylation is 1. The highest BCUT2D eigenvalue weighted by atomic mass is 16.5. The summed E-state index contributed by atoms with van der Waals surface area (Å²) in [4.78, 5) is 17.4. The van der Waals surface area contributed by atoms with Crippen molar-refractivity contribution in [3.05, 3.63) is 23.0 Å². The molecule has 2 aromatic heterocycles. The van der Waals surface area contributed by atoms with Crippen LogP contribution in [-0.2, 0) is 0 Å². The fourth-order valence-corrected chi connectivity index (χ4v) is 2.66. The molecule has 0 aliphatic rings. The van der Waals surface area contributed by atoms with E-state index in [1.165, 1.54) is 0 Å². The predicted octanol–water partition coefficient (Wildman–Crippen LogP) is 2.90. The summed E-state index contributed by atoms with van der Waals surface area (Å²) in [7, 11) is 0. The van der Waals surface area contributed by atoms with E-state index in [1.807, 2.05) is 40.7 Å². The SMILES string of the molecule is CCC(CC)(CN)NC(=O)c1cc(C(C)C)nc2onc(C)c12. The third-order valence-corrected chi connectivity index (χ3v) is 4.60. The summed E-state index contributed by atoms with van der Waals surface area (Å²) in [5, 5.41) is 7.74. The predicted molar refractivity (Wildman–Crippen MR) is 90.5 cm³/mol. The number of rotatable bonds is 6. The fraction of sp³-hybridized carbons (Fsp3) is 0.588. The minimum atomic E-state index is -0.393. The first kappa shape index (κ1) is 17.4. The Morgan fingerprint density at radius 2 is 2.04 bits per heavy atom. The number of carbonyl (C=O) groups excluding carboxylic acids is 1. The van der Waals surface area contributed by atoms with Gasteiger partial charge in [0.25, 0.3) is 11.6 Å². The number of fused-ring (bicyclic) bond motifs is 1. The second-order valence-electron chi connectivity index (χ2n) is 6.34. The molecule has 0 aromatic carbocycles. The molecule has 3 N–H and O–H groups in total. The van der Waals surface area contributed by atoms with Crippen LogP contribution in [0.5, 0.6) is 0 Å². The molecule has 0 fully saturated rings. The number of nitrogens with two attached hydrogens (primary N) is 1. The smallest absolute Gasteiger partial charge is 0.259 e. The average molecular weight is 318 g/mol. The van der Waals surface area contributed by atoms with E-state index in [0.29, 0.717) is 28.9 Å². The average Bonchev–Trinajstić information content (AvgIpc) is 2.93. The third kappa shape index (κ3) is 3.22. The van der Waals surface area contributed by atoms with Crippen molar-refractivity contribution in [1.82, 2.24) is 15.5 Å². The Kier molecular flexibility index (Phi) is 5.04. The lowest BCUT2D eigenvalue weighted by molar-refractivity contribution is 0.0896. The number of carbonyl (C=O) groups is 1. The van der Waals surface area contributed by atoms with Crippen LogP contribution < -0.4 is 11.1 Å². The lowest BCUT2D eigenvalue weighted by Gasteiger charge is -2.31. The zero-order valence-electron chi connectivity index (χ0n) is 14.6. The van der Waals surface area contributed by atoms with Gasteiger partial charge in [-0.2, -0.15) is 0 Å². The molecular formula is C17H26N4O2. The van der Waals surface area contributed by atoms with Crippen molar-refractivity contribution in [2.24, 2.45) is 5.73 Å². The molecule has 2 aromatic rings. The van der Waals surface area contributed by atoms with Gasteiger partial charge in [0, 0.05) is 12.2 Å². The normalized spacial score (nSPS) is 12.1. The molecular weight excluding hydrogens is 292 g/mol. The summed E-state index contributed by atoms with van der Waals surface area (Å²) in [6.45, 7) is 10.3. The Morgan fingerprint density at radius 3 is 2.57 bits per heavy atom. The van der Waals surface area contributed by atoms with E-state index >= 15 is 0 Å². The molecule has 0 bridgehead atoms. The van der Waals surface area contributed by atoms with Crippen LogP contribution in [0.2, 0.25) is 0 Å². The number of hydrogen-bond donors (Lipinski definition) is 2. The van der Waals surface area contributed by atoms with Gasteiger partial charge in [0.15, 0.2) is 0 Å². The molecule has 6 nitrogen and oxygen atoms in total. The van der Waals surface area contributed by atoms with Gasteiger partial charge in [0.1, 0.15) is 0 Å². The quantitative estimate of drug-likeness (QED) is 0.854. The lowest BCUT2D eigenvalue weighted by Crippen LogP contribution is -2.52. The summed E-state index contributed by atoms with van der Waals surface area (Å²) in [5.41, 5.74) is 7.94. The fourth-order valence-electron chi connectivity index (χ4n) is 2.66. The molecule has 23 heavy (non-hydrogen) atoms. The summed E-state index contributed by atoms with van der Waals surface area (Å²) in [5.74, 6) is 0.0349. The van der Waals surface area contributed by atoms with E-state index in [1.54, 1.807) is 0 Å². The molecule has 1 amide bonds. The topological polar surface area (TPSA) is 94.0 Å². The van der Waals surface area contributed by atoms with Gasteiger partial charge in [-0.15, -0.1) is 0 Å². The van der Waals surface area contributed by atoms with E-state index in [2.05, 4.69) is 15.5 Å². The minimum Gasteiger partial charge on any atom is -0.345 e. The van der Waals surface area contributed by atoms with Crippen molar-refractivity contribution in [3.8, 4) is 0 Å². The molecule has 126 valence electrons. The van der Waals surface area contributed by atoms with E-state index in [4.69, 9.17) is 10.3 Å². The van der Waals surface area contributed by atoms with Crippen LogP contribution in [0.15, 0.2) is 10.6 Å². The second-order valence-corrected chi connectivity index (χ2v) is 6.34. The Morgan fingerprint density at radius 1 is 1.39 bits per heavy atom. The zero-order chi connectivity index (χ0) is 17.2. The van der Waals surface area contributed by atoms with Crippen LogP contribution in [0.4, 0.5) is 0 Å². The summed E-state index contributed by atoms with van der Waals surface area (Å²) in [6, 6.07) is 1.83. The van der Waals surface area contributed by atoms with Crippen molar-refractivity contribution in [3.63, 3.8) is 0 Å². The summed E-state index contributed by atoms with van der Waals surface area (Å²) < 4.78 is 5.27. The van der Waals surface area contributed by atoms with Crippen molar-refractivity contribution in [2.75, 3.05) is 6.54 Å². The number of nitrogens with zero attached hydrogens (tertiary/aromatic N) is 2. The zero-order valence-corrected chi connectivity index (χ0v) is 14.6. The van der Waals surface area contributed by atoms with Gasteiger partial charge in [-0.3, -0.25) is 4.79 Å². The van der Waals surface area contributed by atoms with Crippen LogP contribution in [0.1, 0.15) is 68.2 Å². The highest BCUT2D eigenvalue weighted by molar-refractivity contribution is 6.06. The molecule has 0 radical (unpaired) electrons. The lowest BCUT2D eigenvalue weighted by atomic mass is 9.92. The molecule has 0 aliphatic heterocycles. The van der Waals surface area contributed by atoms with Crippen LogP contribution in [0.3, 0.4) is 0 Å². The Hall–Kier alpha value is -1.95. The van der Waals surface area contributed by atoms with E-state index in [0.717, 1.165) is 18.5 Å². The van der Waals surface area contributed by atoms with E-state index in [-0.39, 0.29) is 11.8 Å². The number of hydrogen-bond acceptors (Lipinski definition) is 5. The molecule has 6 heteroatoms. The maximum atomic E-state index is 12.9. The Labute approximate surface area is 136 Å². The molecule has 2 rings (SSSR count). The maximum Gasteiger partial charge on any atom is 0.259 e. The first-order valence-corrected chi connectivity index (χ1v) is 8.17. The Bertz CT molecular complexity index is 694. The van der Waals surface area contributed by atoms with Gasteiger partial charge in [-0.05, 0) is 31.7 Å². The first-order chi connectivity index (χ1) is 10.9. The molecule has 0 aliphatic carbocycles. The monoisotopic (exact) mass is 318 g/mol. The molecule has 0 saturated heterocycles. The summed E-state index contributed by atoms with van der Waals surface area (Å²) >= 11 is 0. The standard InChI is InChI=1S/C17H26N4O2/c1-6-17(7-2,9-18)20-15(22)12-8-13(10(3)4)19-16-14(12)11(5)21-23-16/h8,10H,6-7,9,18H2,1-5H3,(H,20,22). The van der Waals surface area contributed by atoms with Gasteiger partial charge in [0.05, 0.1) is 22.2 Å². The highest BCUT2D eigenvalue weighted by Gasteiger charge is 2.29. The third-order valence-electron chi connectivity index (χ3n) is 4.60. The molecule has 0 unspecified atom stereocenters. The van der Waals surface area contributed by atoms with Gasteiger partial charge in [-0.1, -0.05) is 32.9 Å². The second kappa shape index (κ2) is 6.66. The molecule has 0 atom stereocenters. The van der Waals surface area contributed by atoms with Crippen molar-refractivity contribution in [2.45, 2.75) is 58.9 Å². The van der Waals surface area contributed by atoms with E-state index in [9.17, 15) is 4.79 Å². The van der Waals surface area contributed by atoms with E-state index < -0.39 is 5.54 Å². The minimum absolute atomic E-state index is 0.153. The van der Waals surface area contributed by atoms with Crippen molar-refractivity contribution in [1.29, 1.82) is 0 Å². The maximum absolute atomic E-state index is 12.9. The number of pyridine rings is 1. The largest absolute Gasteiger partial charge is 0.345 e. The van der Waals surface area contributed by atoms with Gasteiger partial charge in [0.2, 0.25) is 0 Å². The van der Waals surface area contributed by atoms with Crippen LogP contribution in [-0.4, -0.2) is 28.1 Å². The molecule has 0 saturated carbocycles. The van der Waals surface area contributed by atoms with Crippen LogP contribution >= 0.6 is 0 Å². The van der Waals surface area contributed by atoms with Gasteiger partial charge in [-0.25, -0.2) is 4.98 Å². The number of nitrogens with one attached hydrogen (secondary N) is 1. The first-order valence-electron chi connectivity index (χ1n) is 8.17. The Balaban J connectivity index is 2.52. The molecule has 2 heterocycles. The van der Waals surface area contributed by atoms with Gasteiger partial charge < -0.3 is 15.6 Å². The number of amides is 1. The molecule has 0 spiro atoms. The van der Waals surface area contributed by atoms with Crippen molar-refractivity contribution >= 4 is 17.0 Å².